The van der Waals surface area contributed by atoms with Gasteiger partial charge in [-0.15, -0.1) is 0 Å². The Bertz CT molecular complexity index is 466. The van der Waals surface area contributed by atoms with Gasteiger partial charge in [0.25, 0.3) is 5.91 Å². The highest BCUT2D eigenvalue weighted by Crippen LogP contribution is 2.20. The number of nitrogens with zero attached hydrogens (tertiary/aromatic N) is 3. The minimum absolute atomic E-state index is 0.0295. The first-order valence-electron chi connectivity index (χ1n) is 7.00. The Hall–Kier alpha value is -1.36. The van der Waals surface area contributed by atoms with Gasteiger partial charge in [0.1, 0.15) is 0 Å². The molecular formula is C14H24N4O. The van der Waals surface area contributed by atoms with E-state index < -0.39 is 0 Å². The Labute approximate surface area is 114 Å². The predicted molar refractivity (Wildman–Crippen MR) is 75.0 cm³/mol. The lowest BCUT2D eigenvalue weighted by molar-refractivity contribution is 0.0612. The zero-order chi connectivity index (χ0) is 14.2. The van der Waals surface area contributed by atoms with Gasteiger partial charge < -0.3 is 10.6 Å². The van der Waals surface area contributed by atoms with Crippen molar-refractivity contribution in [3.63, 3.8) is 0 Å². The Morgan fingerprint density at radius 2 is 2.21 bits per heavy atom. The van der Waals surface area contributed by atoms with E-state index >= 15 is 0 Å². The summed E-state index contributed by atoms with van der Waals surface area (Å²) in [5, 5.41) is 4.35. The van der Waals surface area contributed by atoms with E-state index in [0.29, 0.717) is 11.6 Å². The maximum atomic E-state index is 12.5. The van der Waals surface area contributed by atoms with E-state index in [1.807, 2.05) is 18.0 Å². The molecule has 5 nitrogen and oxygen atoms in total. The number of likely N-dealkylation sites (tertiary alicyclic amines) is 1. The van der Waals surface area contributed by atoms with Crippen LogP contribution in [0.3, 0.4) is 0 Å². The zero-order valence-corrected chi connectivity index (χ0v) is 12.3. The van der Waals surface area contributed by atoms with E-state index in [2.05, 4.69) is 25.9 Å². The van der Waals surface area contributed by atoms with Gasteiger partial charge in [0.05, 0.1) is 0 Å². The average molecular weight is 264 g/mol. The third kappa shape index (κ3) is 2.81. The molecule has 1 fully saturated rings. The molecule has 5 heteroatoms. The van der Waals surface area contributed by atoms with Crippen LogP contribution in [0.25, 0.3) is 0 Å². The topological polar surface area (TPSA) is 64.2 Å². The zero-order valence-electron chi connectivity index (χ0n) is 12.3. The highest BCUT2D eigenvalue weighted by atomic mass is 16.2. The fraction of sp³-hybridized carbons (Fsp3) is 0.714. The van der Waals surface area contributed by atoms with Crippen LogP contribution in [0.2, 0.25) is 0 Å². The Morgan fingerprint density at radius 3 is 2.74 bits per heavy atom. The summed E-state index contributed by atoms with van der Waals surface area (Å²) in [5.74, 6) is 0.396. The van der Waals surface area contributed by atoms with Gasteiger partial charge >= 0.3 is 0 Å². The third-order valence-electron chi connectivity index (χ3n) is 3.90. The molecule has 0 saturated carbocycles. The molecule has 2 rings (SSSR count). The van der Waals surface area contributed by atoms with Crippen LogP contribution in [0.4, 0.5) is 0 Å². The van der Waals surface area contributed by atoms with Crippen LogP contribution in [0.5, 0.6) is 0 Å². The number of carbonyl (C=O) groups excluding carboxylic acids is 1. The Morgan fingerprint density at radius 1 is 1.53 bits per heavy atom. The molecule has 106 valence electrons. The average Bonchev–Trinajstić information content (AvgIpc) is 2.70. The first-order valence-corrected chi connectivity index (χ1v) is 7.00. The maximum absolute atomic E-state index is 12.5. The van der Waals surface area contributed by atoms with Crippen molar-refractivity contribution in [1.29, 1.82) is 0 Å². The number of amides is 1. The molecule has 0 radical (unpaired) electrons. The molecule has 19 heavy (non-hydrogen) atoms. The van der Waals surface area contributed by atoms with Gasteiger partial charge in [0.15, 0.2) is 5.69 Å². The van der Waals surface area contributed by atoms with Gasteiger partial charge in [-0.1, -0.05) is 13.8 Å². The predicted octanol–water partition coefficient (Wildman–Crippen LogP) is 1.50. The largest absolute Gasteiger partial charge is 0.334 e. The Balaban J connectivity index is 2.18. The molecule has 0 unspecified atom stereocenters. The lowest BCUT2D eigenvalue weighted by atomic mass is 9.99. The molecule has 1 aliphatic rings. The minimum Gasteiger partial charge on any atom is -0.334 e. The van der Waals surface area contributed by atoms with Gasteiger partial charge in [-0.3, -0.25) is 9.48 Å². The lowest BCUT2D eigenvalue weighted by Crippen LogP contribution is -2.48. The quantitative estimate of drug-likeness (QED) is 0.880. The molecule has 0 aliphatic carbocycles. The van der Waals surface area contributed by atoms with E-state index in [9.17, 15) is 4.79 Å². The van der Waals surface area contributed by atoms with Crippen molar-refractivity contribution in [3.8, 4) is 0 Å². The molecule has 0 bridgehead atoms. The molecule has 1 aromatic heterocycles. The number of hydrogen-bond donors (Lipinski definition) is 1. The van der Waals surface area contributed by atoms with Crippen LogP contribution in [-0.2, 0) is 7.05 Å². The standard InChI is InChI=1S/C14H24N4O/c1-9(2)13-8-12(16-17(13)4)14(19)18-6-5-11(15)7-10(18)3/h8-11H,5-7,15H2,1-4H3/t10-,11-/m1/s1. The van der Waals surface area contributed by atoms with Crippen LogP contribution in [0.15, 0.2) is 6.07 Å². The monoisotopic (exact) mass is 264 g/mol. The first kappa shape index (κ1) is 14.1. The number of aromatic nitrogens is 2. The van der Waals surface area contributed by atoms with E-state index in [0.717, 1.165) is 25.1 Å². The van der Waals surface area contributed by atoms with E-state index in [-0.39, 0.29) is 18.0 Å². The van der Waals surface area contributed by atoms with E-state index in [1.54, 1.807) is 4.68 Å². The molecule has 1 amide bonds. The summed E-state index contributed by atoms with van der Waals surface area (Å²) in [6.07, 6.45) is 1.75. The number of piperidine rings is 1. The van der Waals surface area contributed by atoms with Crippen molar-refractivity contribution in [1.82, 2.24) is 14.7 Å². The molecule has 1 aliphatic heterocycles. The van der Waals surface area contributed by atoms with Gasteiger partial charge in [-0.05, 0) is 31.7 Å². The van der Waals surface area contributed by atoms with Crippen molar-refractivity contribution in [2.45, 2.75) is 51.6 Å². The second-order valence-electron chi connectivity index (χ2n) is 5.86. The fourth-order valence-corrected chi connectivity index (χ4v) is 2.78. The second-order valence-corrected chi connectivity index (χ2v) is 5.86. The molecular weight excluding hydrogens is 240 g/mol. The smallest absolute Gasteiger partial charge is 0.274 e. The molecule has 0 spiro atoms. The van der Waals surface area contributed by atoms with Crippen molar-refractivity contribution < 1.29 is 4.79 Å². The summed E-state index contributed by atoms with van der Waals surface area (Å²) in [7, 11) is 1.89. The summed E-state index contributed by atoms with van der Waals surface area (Å²) in [4.78, 5) is 14.4. The fourth-order valence-electron chi connectivity index (χ4n) is 2.78. The maximum Gasteiger partial charge on any atom is 0.274 e. The van der Waals surface area contributed by atoms with Crippen molar-refractivity contribution in [2.75, 3.05) is 6.54 Å². The van der Waals surface area contributed by atoms with Crippen LogP contribution in [0.1, 0.15) is 55.7 Å². The van der Waals surface area contributed by atoms with E-state index in [1.165, 1.54) is 0 Å². The lowest BCUT2D eigenvalue weighted by Gasteiger charge is -2.35. The number of nitrogens with two attached hydrogens (primary N) is 1. The Kier molecular flexibility index (Phi) is 3.94. The summed E-state index contributed by atoms with van der Waals surface area (Å²) < 4.78 is 1.80. The molecule has 0 aromatic carbocycles. The highest BCUT2D eigenvalue weighted by molar-refractivity contribution is 5.92. The van der Waals surface area contributed by atoms with Crippen LogP contribution in [-0.4, -0.2) is 39.2 Å². The van der Waals surface area contributed by atoms with Crippen LogP contribution < -0.4 is 5.73 Å². The molecule has 2 N–H and O–H groups in total. The van der Waals surface area contributed by atoms with Crippen LogP contribution in [0, 0.1) is 0 Å². The second kappa shape index (κ2) is 5.33. The number of hydrogen-bond acceptors (Lipinski definition) is 3. The van der Waals surface area contributed by atoms with Gasteiger partial charge in [0, 0.05) is 31.4 Å². The summed E-state index contributed by atoms with van der Waals surface area (Å²) in [6, 6.07) is 2.32. The van der Waals surface area contributed by atoms with Gasteiger partial charge in [-0.2, -0.15) is 5.10 Å². The number of aryl methyl sites for hydroxylation is 1. The summed E-state index contributed by atoms with van der Waals surface area (Å²) in [5.41, 5.74) is 7.57. The molecule has 1 aromatic rings. The SMILES string of the molecule is CC(C)c1cc(C(=O)N2CC[C@@H](N)C[C@H]2C)nn1C. The third-order valence-corrected chi connectivity index (χ3v) is 3.90. The highest BCUT2D eigenvalue weighted by Gasteiger charge is 2.29. The van der Waals surface area contributed by atoms with Crippen molar-refractivity contribution in [2.24, 2.45) is 12.8 Å². The molecule has 2 atom stereocenters. The number of rotatable bonds is 2. The minimum atomic E-state index is 0.0295. The number of carbonyl (C=O) groups is 1. The normalized spacial score (nSPS) is 24.0. The summed E-state index contributed by atoms with van der Waals surface area (Å²) >= 11 is 0. The van der Waals surface area contributed by atoms with E-state index in [4.69, 9.17) is 5.73 Å². The first-order chi connectivity index (χ1) is 8.90. The molecule has 2 heterocycles. The van der Waals surface area contributed by atoms with Crippen molar-refractivity contribution >= 4 is 5.91 Å². The van der Waals surface area contributed by atoms with Crippen molar-refractivity contribution in [3.05, 3.63) is 17.5 Å². The van der Waals surface area contributed by atoms with Gasteiger partial charge in [0.2, 0.25) is 0 Å². The summed E-state index contributed by atoms with van der Waals surface area (Å²) in [6.45, 7) is 7.00. The van der Waals surface area contributed by atoms with Gasteiger partial charge in [-0.25, -0.2) is 0 Å². The van der Waals surface area contributed by atoms with Crippen LogP contribution >= 0.6 is 0 Å². The molecule has 1 saturated heterocycles.